The number of sulfone groups is 1. The van der Waals surface area contributed by atoms with E-state index in [9.17, 15) is 22.8 Å². The molecule has 6 N–H and O–H groups in total. The number of alkyl carbamates (subject to hydrolysis) is 1. The van der Waals surface area contributed by atoms with Crippen LogP contribution in [0, 0.1) is 5.41 Å². The van der Waals surface area contributed by atoms with E-state index in [1.165, 1.54) is 11.3 Å². The van der Waals surface area contributed by atoms with E-state index in [1.54, 1.807) is 18.2 Å². The molecule has 1 unspecified atom stereocenters. The van der Waals surface area contributed by atoms with Crippen LogP contribution in [0.3, 0.4) is 0 Å². The number of rotatable bonds is 12. The van der Waals surface area contributed by atoms with Crippen molar-refractivity contribution < 1.29 is 27.5 Å². The van der Waals surface area contributed by atoms with Gasteiger partial charge in [0.2, 0.25) is 11.8 Å². The Morgan fingerprint density at radius 2 is 1.77 bits per heavy atom. The standard InChI is InChI=1S/C26H31N5O6S2/c1-37-25(34)31-26(11-12-39(2,35)36,14-17-7-8-18-5-3-4-6-19(18)13-17)24(33)30-16-22(32)29-15-20-9-10-21(38-20)23(27)28/h3-10,13H,11-12,14-16H2,1-2H3,(H3,27,28)(H,29,32)(H,30,33)(H,31,34). The summed E-state index contributed by atoms with van der Waals surface area (Å²) in [5.74, 6) is -1.68. The minimum Gasteiger partial charge on any atom is -0.453 e. The molecule has 0 spiro atoms. The minimum atomic E-state index is -3.51. The van der Waals surface area contributed by atoms with Crippen LogP contribution in [0.5, 0.6) is 0 Å². The van der Waals surface area contributed by atoms with Crippen molar-refractivity contribution in [2.45, 2.75) is 24.9 Å². The number of methoxy groups -OCH3 is 1. The first-order valence-corrected chi connectivity index (χ1v) is 14.8. The zero-order valence-electron chi connectivity index (χ0n) is 21.6. The predicted octanol–water partition coefficient (Wildman–Crippen LogP) is 1.69. The second-order valence-electron chi connectivity index (χ2n) is 9.08. The van der Waals surface area contributed by atoms with Crippen molar-refractivity contribution in [3.8, 4) is 0 Å². The van der Waals surface area contributed by atoms with Crippen molar-refractivity contribution >= 4 is 55.7 Å². The number of nitrogen functional groups attached to an aromatic ring is 1. The molecule has 0 saturated carbocycles. The van der Waals surface area contributed by atoms with Crippen molar-refractivity contribution in [2.75, 3.05) is 25.7 Å². The molecule has 0 aliphatic carbocycles. The van der Waals surface area contributed by atoms with Crippen LogP contribution in [0.2, 0.25) is 0 Å². The van der Waals surface area contributed by atoms with Gasteiger partial charge in [-0.3, -0.25) is 15.0 Å². The monoisotopic (exact) mass is 573 g/mol. The first-order chi connectivity index (χ1) is 18.4. The van der Waals surface area contributed by atoms with Crippen LogP contribution in [0.25, 0.3) is 10.8 Å². The molecule has 13 heteroatoms. The molecule has 0 radical (unpaired) electrons. The summed E-state index contributed by atoms with van der Waals surface area (Å²) < 4.78 is 28.9. The Hall–Kier alpha value is -3.97. The van der Waals surface area contributed by atoms with Crippen LogP contribution in [-0.4, -0.2) is 63.4 Å². The molecule has 0 aliphatic heterocycles. The zero-order valence-corrected chi connectivity index (χ0v) is 23.2. The van der Waals surface area contributed by atoms with Gasteiger partial charge in [0.25, 0.3) is 0 Å². The molecule has 0 fully saturated rings. The maximum absolute atomic E-state index is 13.6. The van der Waals surface area contributed by atoms with E-state index in [0.29, 0.717) is 10.4 Å². The zero-order chi connectivity index (χ0) is 28.6. The molecule has 0 aliphatic rings. The second kappa shape index (κ2) is 12.7. The molecular weight excluding hydrogens is 542 g/mol. The Labute approximate surface area is 230 Å². The Morgan fingerprint density at radius 3 is 2.41 bits per heavy atom. The molecule has 2 aromatic carbocycles. The van der Waals surface area contributed by atoms with Crippen molar-refractivity contribution in [3.05, 3.63) is 69.9 Å². The van der Waals surface area contributed by atoms with Gasteiger partial charge in [-0.2, -0.15) is 0 Å². The summed E-state index contributed by atoms with van der Waals surface area (Å²) >= 11 is 1.26. The number of amidine groups is 1. The molecule has 3 aromatic rings. The molecule has 3 rings (SSSR count). The first kappa shape index (κ1) is 29.6. The molecule has 208 valence electrons. The van der Waals surface area contributed by atoms with E-state index in [0.717, 1.165) is 29.0 Å². The number of thiophene rings is 1. The molecular formula is C26H31N5O6S2. The Kier molecular flexibility index (Phi) is 9.65. The van der Waals surface area contributed by atoms with E-state index >= 15 is 0 Å². The van der Waals surface area contributed by atoms with Crippen LogP contribution >= 0.6 is 11.3 Å². The van der Waals surface area contributed by atoms with Crippen LogP contribution < -0.4 is 21.7 Å². The van der Waals surface area contributed by atoms with Gasteiger partial charge in [-0.1, -0.05) is 42.5 Å². The number of carbonyl (C=O) groups is 3. The largest absolute Gasteiger partial charge is 0.453 e. The van der Waals surface area contributed by atoms with Gasteiger partial charge in [0, 0.05) is 17.6 Å². The highest BCUT2D eigenvalue weighted by molar-refractivity contribution is 7.90. The lowest BCUT2D eigenvalue weighted by molar-refractivity contribution is -0.130. The van der Waals surface area contributed by atoms with Gasteiger partial charge >= 0.3 is 6.09 Å². The van der Waals surface area contributed by atoms with E-state index in [4.69, 9.17) is 15.9 Å². The third kappa shape index (κ3) is 8.52. The van der Waals surface area contributed by atoms with Crippen molar-refractivity contribution in [3.63, 3.8) is 0 Å². The summed E-state index contributed by atoms with van der Waals surface area (Å²) in [7, 11) is -2.37. The summed E-state index contributed by atoms with van der Waals surface area (Å²) in [6.45, 7) is -0.242. The van der Waals surface area contributed by atoms with Gasteiger partial charge in [0.1, 0.15) is 21.2 Å². The Balaban J connectivity index is 1.81. The quantitative estimate of drug-likeness (QED) is 0.161. The van der Waals surface area contributed by atoms with Gasteiger partial charge in [0.15, 0.2) is 0 Å². The molecule has 1 aromatic heterocycles. The highest BCUT2D eigenvalue weighted by Gasteiger charge is 2.41. The van der Waals surface area contributed by atoms with Gasteiger partial charge in [0.05, 0.1) is 30.8 Å². The number of fused-ring (bicyclic) bond motifs is 1. The molecule has 11 nitrogen and oxygen atoms in total. The summed E-state index contributed by atoms with van der Waals surface area (Å²) in [6, 6.07) is 16.6. The third-order valence-corrected chi connectivity index (χ3v) is 8.04. The predicted molar refractivity (Wildman–Crippen MR) is 150 cm³/mol. The number of ether oxygens (including phenoxy) is 1. The lowest BCUT2D eigenvalue weighted by atomic mass is 9.86. The van der Waals surface area contributed by atoms with E-state index in [2.05, 4.69) is 16.0 Å². The van der Waals surface area contributed by atoms with E-state index < -0.39 is 39.8 Å². The number of hydrogen-bond donors (Lipinski definition) is 5. The maximum atomic E-state index is 13.6. The second-order valence-corrected chi connectivity index (χ2v) is 12.5. The Morgan fingerprint density at radius 1 is 1.05 bits per heavy atom. The molecule has 1 heterocycles. The number of hydrogen-bond acceptors (Lipinski definition) is 8. The number of nitrogens with one attached hydrogen (secondary N) is 4. The Bertz CT molecular complexity index is 1490. The molecule has 0 saturated heterocycles. The smallest absolute Gasteiger partial charge is 0.407 e. The SMILES string of the molecule is COC(=O)NC(CCS(C)(=O)=O)(Cc1ccc2ccccc2c1)C(=O)NCC(=O)NCc1ccc(C(=N)N)s1. The van der Waals surface area contributed by atoms with Crippen LogP contribution in [0.15, 0.2) is 54.6 Å². The number of carbonyl (C=O) groups excluding carboxylic acids is 3. The van der Waals surface area contributed by atoms with Gasteiger partial charge in [-0.15, -0.1) is 11.3 Å². The van der Waals surface area contributed by atoms with E-state index in [-0.39, 0.29) is 31.0 Å². The molecule has 0 bridgehead atoms. The normalized spacial score (nSPS) is 12.8. The van der Waals surface area contributed by atoms with Crippen molar-refractivity contribution in [1.29, 1.82) is 5.41 Å². The lowest BCUT2D eigenvalue weighted by Gasteiger charge is -2.33. The number of amides is 3. The number of nitrogens with two attached hydrogens (primary N) is 1. The van der Waals surface area contributed by atoms with Crippen molar-refractivity contribution in [1.82, 2.24) is 16.0 Å². The van der Waals surface area contributed by atoms with Gasteiger partial charge < -0.3 is 26.4 Å². The summed E-state index contributed by atoms with van der Waals surface area (Å²) in [5.41, 5.74) is 4.42. The minimum absolute atomic E-state index is 0.0427. The fourth-order valence-corrected chi connectivity index (χ4v) is 5.47. The fraction of sp³-hybridized carbons (Fsp3) is 0.308. The van der Waals surface area contributed by atoms with Crippen LogP contribution in [0.1, 0.15) is 21.7 Å². The van der Waals surface area contributed by atoms with Crippen LogP contribution in [0.4, 0.5) is 4.79 Å². The molecule has 3 amide bonds. The average molecular weight is 574 g/mol. The summed E-state index contributed by atoms with van der Waals surface area (Å²) in [4.78, 5) is 39.7. The third-order valence-electron chi connectivity index (χ3n) is 5.98. The van der Waals surface area contributed by atoms with Crippen LogP contribution in [-0.2, 0) is 37.1 Å². The van der Waals surface area contributed by atoms with Gasteiger partial charge in [-0.05, 0) is 34.9 Å². The van der Waals surface area contributed by atoms with E-state index in [1.807, 2.05) is 36.4 Å². The molecule has 1 atom stereocenters. The maximum Gasteiger partial charge on any atom is 0.407 e. The summed E-state index contributed by atoms with van der Waals surface area (Å²) in [5, 5.41) is 17.1. The first-order valence-electron chi connectivity index (χ1n) is 11.9. The highest BCUT2D eigenvalue weighted by atomic mass is 32.2. The fourth-order valence-electron chi connectivity index (χ4n) is 3.94. The van der Waals surface area contributed by atoms with Crippen molar-refractivity contribution in [2.24, 2.45) is 5.73 Å². The number of benzene rings is 2. The summed E-state index contributed by atoms with van der Waals surface area (Å²) in [6.07, 6.45) is -0.162. The topological polar surface area (TPSA) is 181 Å². The average Bonchev–Trinajstić information content (AvgIpc) is 3.38. The van der Waals surface area contributed by atoms with Gasteiger partial charge in [-0.25, -0.2) is 13.2 Å². The lowest BCUT2D eigenvalue weighted by Crippen LogP contribution is -2.61. The highest BCUT2D eigenvalue weighted by Crippen LogP contribution is 2.23. The molecule has 39 heavy (non-hydrogen) atoms.